The molecular weight excluding hydrogens is 228 g/mol. The number of piperidine rings is 1. The molecule has 5 heteroatoms. The number of nitrogens with zero attached hydrogens (tertiary/aromatic N) is 1. The van der Waals surface area contributed by atoms with Crippen molar-refractivity contribution in [3.63, 3.8) is 0 Å². The maximum atomic E-state index is 8.97. The Morgan fingerprint density at radius 2 is 2.25 bits per heavy atom. The van der Waals surface area contributed by atoms with Gasteiger partial charge in [0.15, 0.2) is 0 Å². The Balaban J connectivity index is 0.00000225. The number of ether oxygens (including phenoxy) is 1. The molecule has 0 amide bonds. The summed E-state index contributed by atoms with van der Waals surface area (Å²) < 4.78 is 5.07. The minimum atomic E-state index is 0. The van der Waals surface area contributed by atoms with Crippen molar-refractivity contribution >= 4 is 12.4 Å². The van der Waals surface area contributed by atoms with Crippen LogP contribution >= 0.6 is 12.4 Å². The highest BCUT2D eigenvalue weighted by Gasteiger charge is 2.16. The predicted molar refractivity (Wildman–Crippen MR) is 68.2 cm³/mol. The smallest absolute Gasteiger partial charge is 0.0589 e. The number of hydrogen-bond acceptors (Lipinski definition) is 4. The Morgan fingerprint density at radius 3 is 2.81 bits per heavy atom. The maximum Gasteiger partial charge on any atom is 0.0589 e. The molecule has 0 bridgehead atoms. The molecule has 0 spiro atoms. The zero-order chi connectivity index (χ0) is 10.9. The molecule has 4 nitrogen and oxygen atoms in total. The summed E-state index contributed by atoms with van der Waals surface area (Å²) >= 11 is 0. The second-order valence-electron chi connectivity index (χ2n) is 4.23. The Labute approximate surface area is 105 Å². The van der Waals surface area contributed by atoms with Gasteiger partial charge < -0.3 is 15.2 Å². The van der Waals surface area contributed by atoms with Crippen molar-refractivity contribution in [3.05, 3.63) is 0 Å². The zero-order valence-corrected chi connectivity index (χ0v) is 11.0. The fourth-order valence-electron chi connectivity index (χ4n) is 2.10. The van der Waals surface area contributed by atoms with Gasteiger partial charge in [0.05, 0.1) is 13.2 Å². The fraction of sp³-hybridized carbons (Fsp3) is 1.00. The molecule has 0 radical (unpaired) electrons. The predicted octanol–water partition coefficient (Wildman–Crippen LogP) is 0.349. The molecule has 1 aliphatic rings. The third kappa shape index (κ3) is 6.66. The summed E-state index contributed by atoms with van der Waals surface area (Å²) in [4.78, 5) is 2.29. The van der Waals surface area contributed by atoms with Gasteiger partial charge in [0.2, 0.25) is 0 Å². The number of rotatable bonds is 7. The number of hydrogen-bond donors (Lipinski definition) is 2. The van der Waals surface area contributed by atoms with Gasteiger partial charge in [-0.25, -0.2) is 0 Å². The molecule has 1 unspecified atom stereocenters. The second kappa shape index (κ2) is 10.3. The molecule has 0 saturated carbocycles. The highest BCUT2D eigenvalue weighted by molar-refractivity contribution is 5.85. The minimum absolute atomic E-state index is 0. The molecule has 1 rings (SSSR count). The van der Waals surface area contributed by atoms with Crippen LogP contribution in [0.15, 0.2) is 0 Å². The van der Waals surface area contributed by atoms with E-state index in [4.69, 9.17) is 9.84 Å². The van der Waals surface area contributed by atoms with E-state index in [9.17, 15) is 0 Å². The quantitative estimate of drug-likeness (QED) is 0.686. The van der Waals surface area contributed by atoms with E-state index in [0.717, 1.165) is 45.2 Å². The number of halogens is 1. The Bertz CT molecular complexity index is 155. The van der Waals surface area contributed by atoms with Gasteiger partial charge in [-0.3, -0.25) is 4.90 Å². The van der Waals surface area contributed by atoms with Crippen molar-refractivity contribution in [2.24, 2.45) is 5.92 Å². The lowest BCUT2D eigenvalue weighted by atomic mass is 9.99. The van der Waals surface area contributed by atoms with Crippen LogP contribution in [0, 0.1) is 5.92 Å². The molecule has 1 atom stereocenters. The van der Waals surface area contributed by atoms with E-state index in [1.807, 2.05) is 0 Å². The van der Waals surface area contributed by atoms with Gasteiger partial charge in [-0.05, 0) is 31.8 Å². The number of nitrogens with one attached hydrogen (secondary N) is 1. The summed E-state index contributed by atoms with van der Waals surface area (Å²) in [7, 11) is 1.72. The minimum Gasteiger partial charge on any atom is -0.395 e. The molecule has 16 heavy (non-hydrogen) atoms. The van der Waals surface area contributed by atoms with E-state index in [1.54, 1.807) is 7.11 Å². The molecular formula is C11H25ClN2O2. The Hall–Kier alpha value is 0.130. The Morgan fingerprint density at radius 1 is 1.44 bits per heavy atom. The standard InChI is InChI=1S/C11H24N2O2.ClH/c1-15-8-6-13(5-7-14)10-11-3-2-4-12-9-11;/h11-12,14H,2-10H2,1H3;1H. The van der Waals surface area contributed by atoms with E-state index in [1.165, 1.54) is 12.8 Å². The number of aliphatic hydroxyl groups excluding tert-OH is 1. The van der Waals surface area contributed by atoms with Crippen LogP contribution in [0.1, 0.15) is 12.8 Å². The van der Waals surface area contributed by atoms with Crippen LogP contribution in [-0.2, 0) is 4.74 Å². The van der Waals surface area contributed by atoms with Gasteiger partial charge in [-0.1, -0.05) is 0 Å². The van der Waals surface area contributed by atoms with E-state index < -0.39 is 0 Å². The zero-order valence-electron chi connectivity index (χ0n) is 10.2. The van der Waals surface area contributed by atoms with Gasteiger partial charge in [0, 0.05) is 26.7 Å². The fourth-order valence-corrected chi connectivity index (χ4v) is 2.10. The van der Waals surface area contributed by atoms with Crippen molar-refractivity contribution in [2.75, 3.05) is 53.0 Å². The van der Waals surface area contributed by atoms with Crippen LogP contribution in [0.5, 0.6) is 0 Å². The third-order valence-corrected chi connectivity index (χ3v) is 2.94. The van der Waals surface area contributed by atoms with Crippen molar-refractivity contribution in [1.82, 2.24) is 10.2 Å². The monoisotopic (exact) mass is 252 g/mol. The molecule has 0 aromatic rings. The molecule has 98 valence electrons. The highest BCUT2D eigenvalue weighted by Crippen LogP contribution is 2.11. The largest absolute Gasteiger partial charge is 0.395 e. The summed E-state index contributed by atoms with van der Waals surface area (Å²) in [6.07, 6.45) is 2.59. The molecule has 2 N–H and O–H groups in total. The van der Waals surface area contributed by atoms with Crippen LogP contribution in [-0.4, -0.2) is 63.1 Å². The summed E-state index contributed by atoms with van der Waals surface area (Å²) in [5.74, 6) is 0.738. The summed E-state index contributed by atoms with van der Waals surface area (Å²) in [5, 5.41) is 12.4. The van der Waals surface area contributed by atoms with Crippen molar-refractivity contribution in [3.8, 4) is 0 Å². The van der Waals surface area contributed by atoms with Crippen LogP contribution in [0.2, 0.25) is 0 Å². The lowest BCUT2D eigenvalue weighted by Crippen LogP contribution is -2.40. The molecule has 1 saturated heterocycles. The first-order valence-corrected chi connectivity index (χ1v) is 5.89. The van der Waals surface area contributed by atoms with E-state index in [0.29, 0.717) is 0 Å². The highest BCUT2D eigenvalue weighted by atomic mass is 35.5. The maximum absolute atomic E-state index is 8.97. The lowest BCUT2D eigenvalue weighted by molar-refractivity contribution is 0.115. The number of methoxy groups -OCH3 is 1. The van der Waals surface area contributed by atoms with Crippen molar-refractivity contribution in [1.29, 1.82) is 0 Å². The van der Waals surface area contributed by atoms with Gasteiger partial charge in [0.25, 0.3) is 0 Å². The second-order valence-corrected chi connectivity index (χ2v) is 4.23. The summed E-state index contributed by atoms with van der Waals surface area (Å²) in [6.45, 7) is 6.04. The van der Waals surface area contributed by atoms with Gasteiger partial charge in [-0.2, -0.15) is 0 Å². The van der Waals surface area contributed by atoms with Gasteiger partial charge in [0.1, 0.15) is 0 Å². The van der Waals surface area contributed by atoms with Crippen LogP contribution in [0.4, 0.5) is 0 Å². The van der Waals surface area contributed by atoms with Crippen molar-refractivity contribution in [2.45, 2.75) is 12.8 Å². The summed E-state index contributed by atoms with van der Waals surface area (Å²) in [6, 6.07) is 0. The molecule has 0 aliphatic carbocycles. The number of aliphatic hydroxyl groups is 1. The van der Waals surface area contributed by atoms with Crippen LogP contribution in [0.25, 0.3) is 0 Å². The average Bonchev–Trinajstić information content (AvgIpc) is 2.28. The molecule has 1 aliphatic heterocycles. The van der Waals surface area contributed by atoms with E-state index in [2.05, 4.69) is 10.2 Å². The first kappa shape index (κ1) is 16.1. The lowest BCUT2D eigenvalue weighted by Gasteiger charge is -2.29. The molecule has 1 fully saturated rings. The normalized spacial score (nSPS) is 20.8. The van der Waals surface area contributed by atoms with Gasteiger partial charge >= 0.3 is 0 Å². The van der Waals surface area contributed by atoms with E-state index in [-0.39, 0.29) is 19.0 Å². The first-order chi connectivity index (χ1) is 7.36. The average molecular weight is 253 g/mol. The molecule has 0 aromatic carbocycles. The molecule has 1 heterocycles. The first-order valence-electron chi connectivity index (χ1n) is 5.89. The Kier molecular flexibility index (Phi) is 10.4. The summed E-state index contributed by atoms with van der Waals surface area (Å²) in [5.41, 5.74) is 0. The van der Waals surface area contributed by atoms with Crippen molar-refractivity contribution < 1.29 is 9.84 Å². The SMILES string of the molecule is COCCN(CCO)CC1CCCNC1.Cl. The third-order valence-electron chi connectivity index (χ3n) is 2.94. The van der Waals surface area contributed by atoms with Gasteiger partial charge in [-0.15, -0.1) is 12.4 Å². The van der Waals surface area contributed by atoms with Crippen LogP contribution < -0.4 is 5.32 Å². The molecule has 0 aromatic heterocycles. The van der Waals surface area contributed by atoms with E-state index >= 15 is 0 Å². The van der Waals surface area contributed by atoms with Crippen LogP contribution in [0.3, 0.4) is 0 Å². The topological polar surface area (TPSA) is 44.7 Å².